The van der Waals surface area contributed by atoms with Gasteiger partial charge >= 0.3 is 0 Å². The molecule has 0 nitrogen and oxygen atoms in total. The molecule has 0 heterocycles. The smallest absolute Gasteiger partial charge is 0.102 e. The zero-order valence-corrected chi connectivity index (χ0v) is 8.06. The van der Waals surface area contributed by atoms with Gasteiger partial charge in [0.15, 0.2) is 0 Å². The Morgan fingerprint density at radius 2 is 1.86 bits per heavy atom. The number of halogens is 4. The molecule has 0 fully saturated rings. The largest absolute Gasteiger partial charge is 0.125 e. The first kappa shape index (κ1) is 8.54. The molecular weight excluding hydrogens is 267 g/mol. The van der Waals surface area contributed by atoms with Gasteiger partial charge in [-0.05, 0) is 0 Å². The zero-order valence-electron chi connectivity index (χ0n) is 3.37. The molecule has 0 bridgehead atoms. The molecule has 2 unspecified atom stereocenters. The molecule has 0 saturated carbocycles. The van der Waals surface area contributed by atoms with Gasteiger partial charge in [0.2, 0.25) is 0 Å². The maximum absolute atomic E-state index is 5.51. The number of hydrogen-bond donors (Lipinski definition) is 0. The third kappa shape index (κ3) is 4.07. The lowest BCUT2D eigenvalue weighted by Crippen LogP contribution is -2.07. The maximum Gasteiger partial charge on any atom is 0.102 e. The average molecular weight is 271 g/mol. The minimum Gasteiger partial charge on any atom is -0.125 e. The van der Waals surface area contributed by atoms with Crippen LogP contribution in [0.4, 0.5) is 0 Å². The van der Waals surface area contributed by atoms with Crippen molar-refractivity contribution in [3.05, 3.63) is 0 Å². The minimum atomic E-state index is -0.0648. The molecule has 7 heavy (non-hydrogen) atoms. The quantitative estimate of drug-likeness (QED) is 0.677. The molecule has 0 aliphatic rings. The van der Waals surface area contributed by atoms with Crippen molar-refractivity contribution in [1.29, 1.82) is 0 Å². The Kier molecular flexibility index (Phi) is 5.39. The van der Waals surface area contributed by atoms with E-state index >= 15 is 0 Å². The van der Waals surface area contributed by atoms with E-state index in [-0.39, 0.29) is 9.11 Å². The van der Waals surface area contributed by atoms with Gasteiger partial charge in [-0.25, -0.2) is 0 Å². The molecule has 44 valence electrons. The first-order valence-corrected chi connectivity index (χ1v) is 4.47. The molecule has 0 aromatic heterocycles. The van der Waals surface area contributed by atoms with Crippen LogP contribution in [-0.4, -0.2) is 15.0 Å². The topological polar surface area (TPSA) is 0 Å². The first-order chi connectivity index (χ1) is 3.18. The van der Waals surface area contributed by atoms with Crippen LogP contribution in [0.2, 0.25) is 0 Å². The molecule has 2 atom stereocenters. The van der Waals surface area contributed by atoms with Gasteiger partial charge in [-0.3, -0.25) is 0 Å². The van der Waals surface area contributed by atoms with E-state index in [0.29, 0.717) is 5.88 Å². The summed E-state index contributed by atoms with van der Waals surface area (Å²) in [7, 11) is 0. The van der Waals surface area contributed by atoms with E-state index in [1.54, 1.807) is 0 Å². The summed E-state index contributed by atoms with van der Waals surface area (Å²) >= 11 is 17.3. The van der Waals surface area contributed by atoms with Gasteiger partial charge in [0.1, 0.15) is 4.29 Å². The van der Waals surface area contributed by atoms with Crippen molar-refractivity contribution in [2.45, 2.75) is 9.11 Å². The second-order valence-electron chi connectivity index (χ2n) is 1.00. The molecule has 0 radical (unpaired) electrons. The highest BCUT2D eigenvalue weighted by Crippen LogP contribution is 2.18. The van der Waals surface area contributed by atoms with Gasteiger partial charge in [0.25, 0.3) is 0 Å². The third-order valence-electron chi connectivity index (χ3n) is 0.421. The fourth-order valence-corrected chi connectivity index (χ4v) is 0.828. The standard InChI is InChI=1S/C3H4Br2Cl2/c4-2(1-6)3(5)7/h2-3H,1H2. The SMILES string of the molecule is ClCC(Br)C(Cl)Br. The summed E-state index contributed by atoms with van der Waals surface area (Å²) in [6.45, 7) is 0. The van der Waals surface area contributed by atoms with Gasteiger partial charge in [-0.2, -0.15) is 0 Å². The molecular formula is C3H4Br2Cl2. The van der Waals surface area contributed by atoms with E-state index in [4.69, 9.17) is 23.2 Å². The predicted molar refractivity (Wildman–Crippen MR) is 42.0 cm³/mol. The normalized spacial score (nSPS) is 18.9. The Morgan fingerprint density at radius 3 is 1.86 bits per heavy atom. The zero-order chi connectivity index (χ0) is 5.86. The van der Waals surface area contributed by atoms with Crippen molar-refractivity contribution in [2.75, 3.05) is 5.88 Å². The van der Waals surface area contributed by atoms with Crippen LogP contribution < -0.4 is 0 Å². The Labute approximate surface area is 69.8 Å². The highest BCUT2D eigenvalue weighted by molar-refractivity contribution is 9.12. The summed E-state index contributed by atoms with van der Waals surface area (Å²) in [5, 5.41) is 0. The number of alkyl halides is 4. The van der Waals surface area contributed by atoms with Crippen LogP contribution in [0.15, 0.2) is 0 Å². The van der Waals surface area contributed by atoms with Gasteiger partial charge in [-0.15, -0.1) is 23.2 Å². The molecule has 0 aromatic carbocycles. The van der Waals surface area contributed by atoms with E-state index in [1.165, 1.54) is 0 Å². The van der Waals surface area contributed by atoms with Crippen molar-refractivity contribution in [2.24, 2.45) is 0 Å². The second kappa shape index (κ2) is 4.42. The first-order valence-electron chi connectivity index (χ1n) is 1.66. The molecule has 0 N–H and O–H groups in total. The summed E-state index contributed by atoms with van der Waals surface area (Å²) in [6, 6.07) is 0. The van der Waals surface area contributed by atoms with Crippen molar-refractivity contribution >= 4 is 55.1 Å². The Hall–Kier alpha value is 1.54. The summed E-state index contributed by atoms with van der Waals surface area (Å²) in [5.41, 5.74) is 0. The lowest BCUT2D eigenvalue weighted by molar-refractivity contribution is 1.12. The number of hydrogen-bond acceptors (Lipinski definition) is 0. The van der Waals surface area contributed by atoms with E-state index in [0.717, 1.165) is 0 Å². The Morgan fingerprint density at radius 1 is 1.43 bits per heavy atom. The molecule has 0 saturated heterocycles. The van der Waals surface area contributed by atoms with E-state index in [2.05, 4.69) is 31.9 Å². The van der Waals surface area contributed by atoms with Gasteiger partial charge in [0, 0.05) is 5.88 Å². The molecule has 0 rings (SSSR count). The van der Waals surface area contributed by atoms with E-state index in [1.807, 2.05) is 0 Å². The Balaban J connectivity index is 3.14. The van der Waals surface area contributed by atoms with Gasteiger partial charge in [0.05, 0.1) is 4.83 Å². The van der Waals surface area contributed by atoms with Crippen LogP contribution in [0.1, 0.15) is 0 Å². The van der Waals surface area contributed by atoms with Crippen molar-refractivity contribution in [3.63, 3.8) is 0 Å². The Bertz CT molecular complexity index is 48.2. The monoisotopic (exact) mass is 268 g/mol. The summed E-state index contributed by atoms with van der Waals surface area (Å²) in [5.74, 6) is 0.527. The molecule has 0 aromatic rings. The van der Waals surface area contributed by atoms with Crippen LogP contribution in [0.5, 0.6) is 0 Å². The van der Waals surface area contributed by atoms with Gasteiger partial charge in [-0.1, -0.05) is 31.9 Å². The van der Waals surface area contributed by atoms with Crippen LogP contribution in [0, 0.1) is 0 Å². The van der Waals surface area contributed by atoms with Crippen LogP contribution >= 0.6 is 55.1 Å². The fourth-order valence-electron chi connectivity index (χ4n) is 0.0673. The summed E-state index contributed by atoms with van der Waals surface area (Å²) in [6.07, 6.45) is 0. The van der Waals surface area contributed by atoms with Crippen LogP contribution in [0.3, 0.4) is 0 Å². The summed E-state index contributed by atoms with van der Waals surface area (Å²) in [4.78, 5) is 0.163. The molecule has 0 amide bonds. The van der Waals surface area contributed by atoms with Crippen LogP contribution in [-0.2, 0) is 0 Å². The van der Waals surface area contributed by atoms with Gasteiger partial charge < -0.3 is 0 Å². The lowest BCUT2D eigenvalue weighted by atomic mass is 10.6. The minimum absolute atomic E-state index is 0.0648. The van der Waals surface area contributed by atoms with Crippen molar-refractivity contribution in [1.82, 2.24) is 0 Å². The second-order valence-corrected chi connectivity index (χ2v) is 4.47. The predicted octanol–water partition coefficient (Wildman–Crippen LogP) is 2.95. The highest BCUT2D eigenvalue weighted by atomic mass is 79.9. The maximum atomic E-state index is 5.51. The molecule has 0 aliphatic carbocycles. The fraction of sp³-hybridized carbons (Fsp3) is 1.00. The summed E-state index contributed by atoms with van der Waals surface area (Å²) < 4.78 is -0.0648. The van der Waals surface area contributed by atoms with Crippen LogP contribution in [0.25, 0.3) is 0 Å². The molecule has 0 spiro atoms. The highest BCUT2D eigenvalue weighted by Gasteiger charge is 2.09. The number of rotatable bonds is 2. The van der Waals surface area contributed by atoms with E-state index < -0.39 is 0 Å². The molecule has 4 heteroatoms. The third-order valence-corrected chi connectivity index (χ3v) is 3.93. The average Bonchev–Trinajstić information content (AvgIpc) is 1.65. The van der Waals surface area contributed by atoms with Crippen molar-refractivity contribution in [3.8, 4) is 0 Å². The van der Waals surface area contributed by atoms with Crippen molar-refractivity contribution < 1.29 is 0 Å². The van der Waals surface area contributed by atoms with E-state index in [9.17, 15) is 0 Å². The lowest BCUT2D eigenvalue weighted by Gasteiger charge is -2.02. The molecule has 0 aliphatic heterocycles.